The zero-order valence-electron chi connectivity index (χ0n) is 10.0. The van der Waals surface area contributed by atoms with Gasteiger partial charge >= 0.3 is 0 Å². The van der Waals surface area contributed by atoms with Crippen LogP contribution in [0, 0.1) is 0 Å². The van der Waals surface area contributed by atoms with Crippen LogP contribution >= 0.6 is 0 Å². The summed E-state index contributed by atoms with van der Waals surface area (Å²) in [7, 11) is 3.23. The van der Waals surface area contributed by atoms with E-state index in [4.69, 9.17) is 14.2 Å². The SMILES string of the molecule is CCCC=COc1cc(OC)cc(OC)c1. The Morgan fingerprint density at radius 2 is 1.56 bits per heavy atom. The van der Waals surface area contributed by atoms with Gasteiger partial charge in [0.2, 0.25) is 0 Å². The van der Waals surface area contributed by atoms with Crippen LogP contribution in [0.5, 0.6) is 17.2 Å². The maximum atomic E-state index is 5.45. The number of hydrogen-bond donors (Lipinski definition) is 0. The first-order valence-electron chi connectivity index (χ1n) is 5.35. The van der Waals surface area contributed by atoms with Crippen molar-refractivity contribution in [2.45, 2.75) is 19.8 Å². The fraction of sp³-hybridized carbons (Fsp3) is 0.385. The topological polar surface area (TPSA) is 27.7 Å². The molecule has 3 nitrogen and oxygen atoms in total. The molecule has 0 aromatic heterocycles. The van der Waals surface area contributed by atoms with Crippen LogP contribution in [0.1, 0.15) is 19.8 Å². The lowest BCUT2D eigenvalue weighted by Crippen LogP contribution is -1.89. The number of hydrogen-bond acceptors (Lipinski definition) is 3. The first-order chi connectivity index (χ1) is 7.80. The molecule has 0 radical (unpaired) electrons. The van der Waals surface area contributed by atoms with Crippen molar-refractivity contribution in [3.05, 3.63) is 30.5 Å². The number of benzene rings is 1. The Kier molecular flexibility index (Phi) is 5.26. The summed E-state index contributed by atoms with van der Waals surface area (Å²) in [6.07, 6.45) is 5.81. The van der Waals surface area contributed by atoms with E-state index in [-0.39, 0.29) is 0 Å². The molecule has 0 atom stereocenters. The highest BCUT2D eigenvalue weighted by Crippen LogP contribution is 2.27. The molecule has 0 saturated carbocycles. The van der Waals surface area contributed by atoms with E-state index >= 15 is 0 Å². The molecule has 0 amide bonds. The monoisotopic (exact) mass is 222 g/mol. The first-order valence-corrected chi connectivity index (χ1v) is 5.35. The predicted molar refractivity (Wildman–Crippen MR) is 64.2 cm³/mol. The molecule has 0 fully saturated rings. The number of unbranched alkanes of at least 4 members (excludes halogenated alkanes) is 1. The van der Waals surface area contributed by atoms with Crippen molar-refractivity contribution in [2.75, 3.05) is 14.2 Å². The molecular weight excluding hydrogens is 204 g/mol. The Morgan fingerprint density at radius 3 is 2.06 bits per heavy atom. The van der Waals surface area contributed by atoms with E-state index < -0.39 is 0 Å². The highest BCUT2D eigenvalue weighted by Gasteiger charge is 2.01. The summed E-state index contributed by atoms with van der Waals surface area (Å²) in [6.45, 7) is 2.12. The van der Waals surface area contributed by atoms with Crippen molar-refractivity contribution >= 4 is 0 Å². The van der Waals surface area contributed by atoms with Gasteiger partial charge in [0.25, 0.3) is 0 Å². The zero-order valence-corrected chi connectivity index (χ0v) is 10.0. The van der Waals surface area contributed by atoms with Crippen LogP contribution in [-0.4, -0.2) is 14.2 Å². The maximum Gasteiger partial charge on any atom is 0.133 e. The summed E-state index contributed by atoms with van der Waals surface area (Å²) < 4.78 is 15.7. The van der Waals surface area contributed by atoms with E-state index in [2.05, 4.69) is 6.92 Å². The second kappa shape index (κ2) is 6.77. The molecule has 1 rings (SSSR count). The number of methoxy groups -OCH3 is 2. The van der Waals surface area contributed by atoms with E-state index in [1.807, 2.05) is 24.3 Å². The van der Waals surface area contributed by atoms with Gasteiger partial charge in [0.15, 0.2) is 0 Å². The normalized spacial score (nSPS) is 10.4. The van der Waals surface area contributed by atoms with Gasteiger partial charge in [-0.3, -0.25) is 0 Å². The molecule has 0 unspecified atom stereocenters. The zero-order chi connectivity index (χ0) is 11.8. The summed E-state index contributed by atoms with van der Waals surface area (Å²) in [4.78, 5) is 0. The smallest absolute Gasteiger partial charge is 0.133 e. The number of ether oxygens (including phenoxy) is 3. The van der Waals surface area contributed by atoms with Crippen molar-refractivity contribution in [1.29, 1.82) is 0 Å². The van der Waals surface area contributed by atoms with E-state index in [0.29, 0.717) is 5.75 Å². The quantitative estimate of drug-likeness (QED) is 0.690. The van der Waals surface area contributed by atoms with Crippen molar-refractivity contribution in [3.63, 3.8) is 0 Å². The van der Waals surface area contributed by atoms with E-state index in [1.54, 1.807) is 20.5 Å². The minimum absolute atomic E-state index is 0.712. The van der Waals surface area contributed by atoms with Gasteiger partial charge in [-0.1, -0.05) is 13.3 Å². The standard InChI is InChI=1S/C13H18O3/c1-4-5-6-7-16-13-9-11(14-2)8-12(10-13)15-3/h6-10H,4-5H2,1-3H3. The Bertz CT molecular complexity index is 323. The molecule has 88 valence electrons. The molecule has 0 aliphatic rings. The first kappa shape index (κ1) is 12.4. The summed E-state index contributed by atoms with van der Waals surface area (Å²) >= 11 is 0. The minimum Gasteiger partial charge on any atom is -0.496 e. The van der Waals surface area contributed by atoms with E-state index in [9.17, 15) is 0 Å². The molecule has 0 aliphatic carbocycles. The fourth-order valence-electron chi connectivity index (χ4n) is 1.21. The van der Waals surface area contributed by atoms with Gasteiger partial charge in [0.1, 0.15) is 17.2 Å². The molecule has 1 aromatic carbocycles. The summed E-state index contributed by atoms with van der Waals surface area (Å²) in [5, 5.41) is 0. The van der Waals surface area contributed by atoms with Gasteiger partial charge in [-0.15, -0.1) is 0 Å². The molecule has 0 spiro atoms. The average Bonchev–Trinajstić information content (AvgIpc) is 2.34. The van der Waals surface area contributed by atoms with Crippen molar-refractivity contribution in [2.24, 2.45) is 0 Å². The summed E-state index contributed by atoms with van der Waals surface area (Å²) in [5.41, 5.74) is 0. The van der Waals surface area contributed by atoms with Gasteiger partial charge in [-0.25, -0.2) is 0 Å². The average molecular weight is 222 g/mol. The van der Waals surface area contributed by atoms with Crippen LogP contribution in [-0.2, 0) is 0 Å². The van der Waals surface area contributed by atoms with Crippen molar-refractivity contribution < 1.29 is 14.2 Å². The fourth-order valence-corrected chi connectivity index (χ4v) is 1.21. The van der Waals surface area contributed by atoms with E-state index in [1.165, 1.54) is 0 Å². The highest BCUT2D eigenvalue weighted by atomic mass is 16.5. The molecule has 3 heteroatoms. The second-order valence-corrected chi connectivity index (χ2v) is 3.33. The van der Waals surface area contributed by atoms with Crippen LogP contribution < -0.4 is 14.2 Å². The Balaban J connectivity index is 2.71. The third-order valence-corrected chi connectivity index (χ3v) is 2.08. The van der Waals surface area contributed by atoms with Gasteiger partial charge in [0, 0.05) is 18.2 Å². The Labute approximate surface area is 96.6 Å². The van der Waals surface area contributed by atoms with Gasteiger partial charge in [-0.05, 0) is 12.5 Å². The van der Waals surface area contributed by atoms with Crippen LogP contribution in [0.2, 0.25) is 0 Å². The third kappa shape index (κ3) is 3.85. The number of rotatable bonds is 6. The van der Waals surface area contributed by atoms with Crippen molar-refractivity contribution in [1.82, 2.24) is 0 Å². The molecule has 0 saturated heterocycles. The Morgan fingerprint density at radius 1 is 1.00 bits per heavy atom. The lowest BCUT2D eigenvalue weighted by molar-refractivity contribution is 0.386. The van der Waals surface area contributed by atoms with Gasteiger partial charge in [-0.2, -0.15) is 0 Å². The molecule has 0 aliphatic heterocycles. The second-order valence-electron chi connectivity index (χ2n) is 3.33. The van der Waals surface area contributed by atoms with Gasteiger partial charge in [0.05, 0.1) is 20.5 Å². The predicted octanol–water partition coefficient (Wildman–Crippen LogP) is 3.40. The van der Waals surface area contributed by atoms with Crippen molar-refractivity contribution in [3.8, 4) is 17.2 Å². The van der Waals surface area contributed by atoms with Gasteiger partial charge < -0.3 is 14.2 Å². The molecule has 16 heavy (non-hydrogen) atoms. The lowest BCUT2D eigenvalue weighted by Gasteiger charge is -2.07. The van der Waals surface area contributed by atoms with E-state index in [0.717, 1.165) is 24.3 Å². The largest absolute Gasteiger partial charge is 0.496 e. The molecule has 0 N–H and O–H groups in total. The third-order valence-electron chi connectivity index (χ3n) is 2.08. The van der Waals surface area contributed by atoms with Crippen LogP contribution in [0.15, 0.2) is 30.5 Å². The number of allylic oxidation sites excluding steroid dienone is 1. The van der Waals surface area contributed by atoms with Crippen LogP contribution in [0.4, 0.5) is 0 Å². The van der Waals surface area contributed by atoms with Crippen LogP contribution in [0.3, 0.4) is 0 Å². The highest BCUT2D eigenvalue weighted by molar-refractivity contribution is 5.42. The molecular formula is C13H18O3. The lowest BCUT2D eigenvalue weighted by atomic mass is 10.3. The molecule has 0 heterocycles. The molecule has 1 aromatic rings. The summed E-state index contributed by atoms with van der Waals surface area (Å²) in [5.74, 6) is 2.15. The summed E-state index contributed by atoms with van der Waals surface area (Å²) in [6, 6.07) is 5.44. The Hall–Kier alpha value is -1.64. The van der Waals surface area contributed by atoms with Crippen LogP contribution in [0.25, 0.3) is 0 Å². The molecule has 0 bridgehead atoms. The minimum atomic E-state index is 0.712. The maximum absolute atomic E-state index is 5.45.